The summed E-state index contributed by atoms with van der Waals surface area (Å²) in [5, 5.41) is 1.01. The predicted molar refractivity (Wildman–Crippen MR) is 103 cm³/mol. The van der Waals surface area contributed by atoms with Crippen LogP contribution in [0.25, 0.3) is 23.1 Å². The molecule has 0 spiro atoms. The highest BCUT2D eigenvalue weighted by molar-refractivity contribution is 9.10. The standard InChI is InChI=1S/C21H18BrNO/c1-13-2-4-14(5-3-13)6-11-18-20(21(24)15-7-8-15)17-10-9-16(22)12-19(17)23-18/h2-6,9-12,15,23H,7-8H2,1H3/b11-6+. The zero-order valence-corrected chi connectivity index (χ0v) is 15.1. The number of aromatic amines is 1. The molecule has 0 radical (unpaired) electrons. The fraction of sp³-hybridized carbons (Fsp3) is 0.190. The maximum Gasteiger partial charge on any atom is 0.168 e. The van der Waals surface area contributed by atoms with Gasteiger partial charge in [0, 0.05) is 21.3 Å². The zero-order chi connectivity index (χ0) is 16.7. The third-order valence-corrected chi connectivity index (χ3v) is 5.00. The molecule has 1 saturated carbocycles. The number of fused-ring (bicyclic) bond motifs is 1. The van der Waals surface area contributed by atoms with E-state index >= 15 is 0 Å². The molecule has 0 saturated heterocycles. The van der Waals surface area contributed by atoms with E-state index in [9.17, 15) is 4.79 Å². The average Bonchev–Trinajstić information content (AvgIpc) is 3.35. The zero-order valence-electron chi connectivity index (χ0n) is 13.5. The second-order valence-electron chi connectivity index (χ2n) is 6.49. The molecular weight excluding hydrogens is 362 g/mol. The molecule has 0 atom stereocenters. The fourth-order valence-electron chi connectivity index (χ4n) is 2.99. The van der Waals surface area contributed by atoms with Gasteiger partial charge < -0.3 is 4.98 Å². The summed E-state index contributed by atoms with van der Waals surface area (Å²) >= 11 is 3.50. The first-order valence-corrected chi connectivity index (χ1v) is 9.01. The van der Waals surface area contributed by atoms with Crippen molar-refractivity contribution in [2.45, 2.75) is 19.8 Å². The topological polar surface area (TPSA) is 32.9 Å². The van der Waals surface area contributed by atoms with Crippen LogP contribution >= 0.6 is 15.9 Å². The molecule has 0 bridgehead atoms. The number of hydrogen-bond donors (Lipinski definition) is 1. The normalized spacial score (nSPS) is 14.6. The van der Waals surface area contributed by atoms with Crippen molar-refractivity contribution in [3.8, 4) is 0 Å². The Labute approximate surface area is 149 Å². The van der Waals surface area contributed by atoms with Gasteiger partial charge in [-0.1, -0.05) is 57.9 Å². The summed E-state index contributed by atoms with van der Waals surface area (Å²) < 4.78 is 1.01. The minimum absolute atomic E-state index is 0.208. The second-order valence-corrected chi connectivity index (χ2v) is 7.40. The van der Waals surface area contributed by atoms with Gasteiger partial charge in [-0.25, -0.2) is 0 Å². The molecule has 1 N–H and O–H groups in total. The van der Waals surface area contributed by atoms with E-state index in [1.54, 1.807) is 0 Å². The van der Waals surface area contributed by atoms with Gasteiger partial charge in [-0.15, -0.1) is 0 Å². The lowest BCUT2D eigenvalue weighted by Crippen LogP contribution is -2.02. The van der Waals surface area contributed by atoms with Gasteiger partial charge in [0.25, 0.3) is 0 Å². The molecule has 4 rings (SSSR count). The number of halogens is 1. The maximum absolute atomic E-state index is 12.8. The summed E-state index contributed by atoms with van der Waals surface area (Å²) in [6.07, 6.45) is 6.11. The van der Waals surface area contributed by atoms with E-state index < -0.39 is 0 Å². The molecule has 120 valence electrons. The van der Waals surface area contributed by atoms with E-state index in [0.29, 0.717) is 0 Å². The predicted octanol–water partition coefficient (Wildman–Crippen LogP) is 6.00. The van der Waals surface area contributed by atoms with Crippen LogP contribution in [0.1, 0.15) is 40.0 Å². The number of carbonyl (C=O) groups is 1. The van der Waals surface area contributed by atoms with Gasteiger partial charge in [0.05, 0.1) is 11.3 Å². The van der Waals surface area contributed by atoms with E-state index in [2.05, 4.69) is 58.2 Å². The van der Waals surface area contributed by atoms with Crippen molar-refractivity contribution in [3.05, 3.63) is 69.3 Å². The number of aromatic nitrogens is 1. The summed E-state index contributed by atoms with van der Waals surface area (Å²) in [4.78, 5) is 16.2. The third-order valence-electron chi connectivity index (χ3n) is 4.50. The van der Waals surface area contributed by atoms with Crippen molar-refractivity contribution in [3.63, 3.8) is 0 Å². The number of rotatable bonds is 4. The summed E-state index contributed by atoms with van der Waals surface area (Å²) in [5.74, 6) is 0.478. The van der Waals surface area contributed by atoms with E-state index in [0.717, 1.165) is 45.0 Å². The quantitative estimate of drug-likeness (QED) is 0.553. The Morgan fingerprint density at radius 3 is 2.58 bits per heavy atom. The molecule has 1 aliphatic rings. The molecule has 0 aliphatic heterocycles. The van der Waals surface area contributed by atoms with Crippen molar-refractivity contribution in [2.24, 2.45) is 5.92 Å². The Bertz CT molecular complexity index is 946. The monoisotopic (exact) mass is 379 g/mol. The number of Topliss-reactive ketones (excluding diaryl/α,β-unsaturated/α-hetero) is 1. The van der Waals surface area contributed by atoms with Crippen molar-refractivity contribution < 1.29 is 4.79 Å². The fourth-order valence-corrected chi connectivity index (χ4v) is 3.35. The Morgan fingerprint density at radius 1 is 1.12 bits per heavy atom. The van der Waals surface area contributed by atoms with Gasteiger partial charge >= 0.3 is 0 Å². The summed E-state index contributed by atoms with van der Waals surface area (Å²) in [6, 6.07) is 14.4. The van der Waals surface area contributed by atoms with Crippen LogP contribution in [0.2, 0.25) is 0 Å². The Kier molecular flexibility index (Phi) is 3.89. The highest BCUT2D eigenvalue weighted by atomic mass is 79.9. The molecule has 0 amide bonds. The molecule has 3 heteroatoms. The first-order chi connectivity index (χ1) is 11.6. The number of benzene rings is 2. The number of carbonyl (C=O) groups excluding carboxylic acids is 1. The average molecular weight is 380 g/mol. The van der Waals surface area contributed by atoms with Gasteiger partial charge in [-0.05, 0) is 43.5 Å². The van der Waals surface area contributed by atoms with Gasteiger partial charge in [0.1, 0.15) is 0 Å². The molecule has 2 aromatic carbocycles. The van der Waals surface area contributed by atoms with E-state index in [1.165, 1.54) is 5.56 Å². The van der Waals surface area contributed by atoms with E-state index in [1.807, 2.05) is 24.3 Å². The van der Waals surface area contributed by atoms with Crippen LogP contribution in [-0.4, -0.2) is 10.8 Å². The van der Waals surface area contributed by atoms with Gasteiger partial charge in [-0.2, -0.15) is 0 Å². The lowest BCUT2D eigenvalue weighted by Gasteiger charge is -2.00. The van der Waals surface area contributed by atoms with Crippen molar-refractivity contribution in [1.82, 2.24) is 4.98 Å². The van der Waals surface area contributed by atoms with Crippen LogP contribution < -0.4 is 0 Å². The summed E-state index contributed by atoms with van der Waals surface area (Å²) in [5.41, 5.74) is 5.11. The van der Waals surface area contributed by atoms with Crippen molar-refractivity contribution in [2.75, 3.05) is 0 Å². The first-order valence-electron chi connectivity index (χ1n) is 8.22. The number of H-pyrrole nitrogens is 1. The Hall–Kier alpha value is -2.13. The largest absolute Gasteiger partial charge is 0.354 e. The number of hydrogen-bond acceptors (Lipinski definition) is 1. The van der Waals surface area contributed by atoms with Gasteiger partial charge in [-0.3, -0.25) is 4.79 Å². The summed E-state index contributed by atoms with van der Waals surface area (Å²) in [7, 11) is 0. The number of nitrogens with one attached hydrogen (secondary N) is 1. The molecule has 1 aliphatic carbocycles. The number of ketones is 1. The summed E-state index contributed by atoms with van der Waals surface area (Å²) in [6.45, 7) is 2.08. The highest BCUT2D eigenvalue weighted by Crippen LogP contribution is 2.37. The second kappa shape index (κ2) is 6.06. The van der Waals surface area contributed by atoms with Crippen LogP contribution in [0, 0.1) is 12.8 Å². The Balaban J connectivity index is 1.79. The third kappa shape index (κ3) is 2.96. The maximum atomic E-state index is 12.8. The molecule has 2 nitrogen and oxygen atoms in total. The minimum Gasteiger partial charge on any atom is -0.354 e. The smallest absolute Gasteiger partial charge is 0.168 e. The van der Waals surface area contributed by atoms with E-state index in [4.69, 9.17) is 0 Å². The first kappa shape index (κ1) is 15.4. The highest BCUT2D eigenvalue weighted by Gasteiger charge is 2.33. The van der Waals surface area contributed by atoms with Gasteiger partial charge in [0.15, 0.2) is 5.78 Å². The molecule has 1 fully saturated rings. The van der Waals surface area contributed by atoms with Crippen LogP contribution in [0.3, 0.4) is 0 Å². The van der Waals surface area contributed by atoms with Crippen molar-refractivity contribution >= 4 is 44.8 Å². The molecule has 0 unspecified atom stereocenters. The lowest BCUT2D eigenvalue weighted by atomic mass is 10.0. The van der Waals surface area contributed by atoms with E-state index in [-0.39, 0.29) is 11.7 Å². The molecule has 1 heterocycles. The lowest BCUT2D eigenvalue weighted by molar-refractivity contribution is 0.0969. The SMILES string of the molecule is Cc1ccc(/C=C/c2[nH]c3cc(Br)ccc3c2C(=O)C2CC2)cc1. The number of aryl methyl sites for hydroxylation is 1. The van der Waals surface area contributed by atoms with Crippen LogP contribution in [0.4, 0.5) is 0 Å². The molecule has 3 aromatic rings. The van der Waals surface area contributed by atoms with Gasteiger partial charge in [0.2, 0.25) is 0 Å². The Morgan fingerprint density at radius 2 is 1.88 bits per heavy atom. The molecule has 24 heavy (non-hydrogen) atoms. The van der Waals surface area contributed by atoms with Crippen molar-refractivity contribution in [1.29, 1.82) is 0 Å². The molecular formula is C21H18BrNO. The van der Waals surface area contributed by atoms with Crippen LogP contribution in [0.15, 0.2) is 46.9 Å². The van der Waals surface area contributed by atoms with Crippen LogP contribution in [0.5, 0.6) is 0 Å². The molecule has 1 aromatic heterocycles. The minimum atomic E-state index is 0.208. The van der Waals surface area contributed by atoms with Crippen LogP contribution in [-0.2, 0) is 0 Å².